The summed E-state index contributed by atoms with van der Waals surface area (Å²) >= 11 is 5.90. The highest BCUT2D eigenvalue weighted by Gasteiger charge is 2.08. The molecule has 8 heteroatoms. The predicted molar refractivity (Wildman–Crippen MR) is 103 cm³/mol. The standard InChI is InChI=1S/C19H20ClN3O4/c1-27-17(24)9-10-21-18(25)14-5-7-16(8-6-14)23-19(26)22-12-13-3-2-4-15(20)11-13/h2-8,11H,9-10,12H2,1H3,(H,21,25)(H2,22,23,26). The lowest BCUT2D eigenvalue weighted by atomic mass is 10.2. The van der Waals surface area contributed by atoms with Gasteiger partial charge in [0.25, 0.3) is 5.91 Å². The Bertz CT molecular complexity index is 809. The molecule has 3 N–H and O–H groups in total. The Labute approximate surface area is 162 Å². The van der Waals surface area contributed by atoms with E-state index >= 15 is 0 Å². The summed E-state index contributed by atoms with van der Waals surface area (Å²) in [5.41, 5.74) is 1.85. The van der Waals surface area contributed by atoms with Crippen molar-refractivity contribution in [3.63, 3.8) is 0 Å². The van der Waals surface area contributed by atoms with Crippen molar-refractivity contribution in [3.8, 4) is 0 Å². The Hall–Kier alpha value is -3.06. The third kappa shape index (κ3) is 6.99. The summed E-state index contributed by atoms with van der Waals surface area (Å²) in [5.74, 6) is -0.700. The fourth-order valence-electron chi connectivity index (χ4n) is 2.19. The van der Waals surface area contributed by atoms with E-state index in [9.17, 15) is 14.4 Å². The number of nitrogens with one attached hydrogen (secondary N) is 3. The molecule has 2 aromatic rings. The molecule has 2 rings (SSSR count). The zero-order valence-corrected chi connectivity index (χ0v) is 15.5. The molecule has 0 heterocycles. The van der Waals surface area contributed by atoms with Crippen LogP contribution in [0.4, 0.5) is 10.5 Å². The Morgan fingerprint density at radius 3 is 2.44 bits per heavy atom. The van der Waals surface area contributed by atoms with Crippen molar-refractivity contribution in [2.45, 2.75) is 13.0 Å². The molecule has 0 unspecified atom stereocenters. The largest absolute Gasteiger partial charge is 0.469 e. The average molecular weight is 390 g/mol. The molecule has 142 valence electrons. The van der Waals surface area contributed by atoms with Gasteiger partial charge in [-0.25, -0.2) is 4.79 Å². The molecule has 0 spiro atoms. The minimum absolute atomic E-state index is 0.106. The molecule has 2 aromatic carbocycles. The second-order valence-corrected chi connectivity index (χ2v) is 6.03. The van der Waals surface area contributed by atoms with Gasteiger partial charge in [0.2, 0.25) is 0 Å². The lowest BCUT2D eigenvalue weighted by Crippen LogP contribution is -2.28. The zero-order valence-electron chi connectivity index (χ0n) is 14.8. The topological polar surface area (TPSA) is 96.5 Å². The molecule has 0 bridgehead atoms. The molecule has 7 nitrogen and oxygen atoms in total. The summed E-state index contributed by atoms with van der Waals surface area (Å²) in [7, 11) is 1.29. The minimum atomic E-state index is -0.390. The number of esters is 1. The van der Waals surface area contributed by atoms with Crippen molar-refractivity contribution in [1.82, 2.24) is 10.6 Å². The molecule has 0 fully saturated rings. The van der Waals surface area contributed by atoms with Gasteiger partial charge in [-0.05, 0) is 42.0 Å². The van der Waals surface area contributed by atoms with Crippen LogP contribution in [0.15, 0.2) is 48.5 Å². The van der Waals surface area contributed by atoms with E-state index in [1.54, 1.807) is 36.4 Å². The molecule has 0 radical (unpaired) electrons. The van der Waals surface area contributed by atoms with Crippen LogP contribution >= 0.6 is 11.6 Å². The number of benzene rings is 2. The van der Waals surface area contributed by atoms with Gasteiger partial charge in [0, 0.05) is 29.4 Å². The van der Waals surface area contributed by atoms with E-state index in [2.05, 4.69) is 20.7 Å². The van der Waals surface area contributed by atoms with Crippen LogP contribution in [0.3, 0.4) is 0 Å². The van der Waals surface area contributed by atoms with Gasteiger partial charge < -0.3 is 20.7 Å². The van der Waals surface area contributed by atoms with Crippen LogP contribution in [0, 0.1) is 0 Å². The number of urea groups is 1. The van der Waals surface area contributed by atoms with Crippen molar-refractivity contribution in [2.24, 2.45) is 0 Å². The molecule has 0 saturated heterocycles. The van der Waals surface area contributed by atoms with E-state index in [0.717, 1.165) is 5.56 Å². The lowest BCUT2D eigenvalue weighted by Gasteiger charge is -2.09. The summed E-state index contributed by atoms with van der Waals surface area (Å²) in [6.45, 7) is 0.532. The van der Waals surface area contributed by atoms with Crippen molar-refractivity contribution < 1.29 is 19.1 Å². The highest BCUT2D eigenvalue weighted by molar-refractivity contribution is 6.30. The molecule has 0 saturated carbocycles. The molecule has 0 aliphatic rings. The maximum absolute atomic E-state index is 12.0. The number of carbonyl (C=O) groups is 3. The monoisotopic (exact) mass is 389 g/mol. The highest BCUT2D eigenvalue weighted by Crippen LogP contribution is 2.11. The van der Waals surface area contributed by atoms with Crippen LogP contribution in [-0.2, 0) is 16.1 Å². The van der Waals surface area contributed by atoms with Gasteiger partial charge in [0.1, 0.15) is 0 Å². The van der Waals surface area contributed by atoms with Gasteiger partial charge in [-0.2, -0.15) is 0 Å². The van der Waals surface area contributed by atoms with E-state index < -0.39 is 5.97 Å². The van der Waals surface area contributed by atoms with Crippen molar-refractivity contribution in [1.29, 1.82) is 0 Å². The molecule has 0 aliphatic carbocycles. The first-order valence-corrected chi connectivity index (χ1v) is 8.60. The first kappa shape index (κ1) is 20.3. The van der Waals surface area contributed by atoms with E-state index in [-0.39, 0.29) is 24.9 Å². The SMILES string of the molecule is COC(=O)CCNC(=O)c1ccc(NC(=O)NCc2cccc(Cl)c2)cc1. The van der Waals surface area contributed by atoms with E-state index in [0.29, 0.717) is 22.8 Å². The van der Waals surface area contributed by atoms with Gasteiger partial charge in [-0.15, -0.1) is 0 Å². The Kier molecular flexibility index (Phi) is 7.63. The maximum Gasteiger partial charge on any atom is 0.319 e. The number of anilines is 1. The molecule has 0 atom stereocenters. The molecular weight excluding hydrogens is 370 g/mol. The first-order valence-electron chi connectivity index (χ1n) is 8.22. The predicted octanol–water partition coefficient (Wildman–Crippen LogP) is 2.95. The third-order valence-corrected chi connectivity index (χ3v) is 3.82. The van der Waals surface area contributed by atoms with Crippen LogP contribution in [-0.4, -0.2) is 31.6 Å². The number of rotatable bonds is 7. The van der Waals surface area contributed by atoms with Gasteiger partial charge in [0.05, 0.1) is 13.5 Å². The van der Waals surface area contributed by atoms with Crippen LogP contribution in [0.1, 0.15) is 22.3 Å². The molecule has 0 aromatic heterocycles. The third-order valence-electron chi connectivity index (χ3n) is 3.59. The summed E-state index contributed by atoms with van der Waals surface area (Å²) in [6.07, 6.45) is 0.106. The van der Waals surface area contributed by atoms with Crippen LogP contribution in [0.5, 0.6) is 0 Å². The van der Waals surface area contributed by atoms with Gasteiger partial charge in [-0.1, -0.05) is 23.7 Å². The van der Waals surface area contributed by atoms with E-state index in [1.807, 2.05) is 12.1 Å². The van der Waals surface area contributed by atoms with E-state index in [4.69, 9.17) is 11.6 Å². The van der Waals surface area contributed by atoms with E-state index in [1.165, 1.54) is 7.11 Å². The van der Waals surface area contributed by atoms with Crippen molar-refractivity contribution >= 4 is 35.2 Å². The number of methoxy groups -OCH3 is 1. The van der Waals surface area contributed by atoms with Crippen LogP contribution in [0.25, 0.3) is 0 Å². The Morgan fingerprint density at radius 2 is 1.78 bits per heavy atom. The quantitative estimate of drug-likeness (QED) is 0.634. The van der Waals surface area contributed by atoms with Crippen molar-refractivity contribution in [3.05, 3.63) is 64.7 Å². The Balaban J connectivity index is 1.79. The van der Waals surface area contributed by atoms with Gasteiger partial charge in [-0.3, -0.25) is 9.59 Å². The number of carbonyl (C=O) groups excluding carboxylic acids is 3. The molecule has 27 heavy (non-hydrogen) atoms. The van der Waals surface area contributed by atoms with Gasteiger partial charge >= 0.3 is 12.0 Å². The maximum atomic E-state index is 12.0. The average Bonchev–Trinajstić information content (AvgIpc) is 2.66. The van der Waals surface area contributed by atoms with Crippen LogP contribution < -0.4 is 16.0 Å². The second-order valence-electron chi connectivity index (χ2n) is 5.60. The number of hydrogen-bond donors (Lipinski definition) is 3. The fourth-order valence-corrected chi connectivity index (χ4v) is 2.40. The number of ether oxygens (including phenoxy) is 1. The normalized spacial score (nSPS) is 10.0. The smallest absolute Gasteiger partial charge is 0.319 e. The fraction of sp³-hybridized carbons (Fsp3) is 0.211. The molecule has 0 aliphatic heterocycles. The summed E-state index contributed by atoms with van der Waals surface area (Å²) in [6, 6.07) is 13.2. The summed E-state index contributed by atoms with van der Waals surface area (Å²) < 4.78 is 4.50. The minimum Gasteiger partial charge on any atom is -0.469 e. The summed E-state index contributed by atoms with van der Waals surface area (Å²) in [4.78, 5) is 34.9. The molecular formula is C19H20ClN3O4. The zero-order chi connectivity index (χ0) is 19.6. The lowest BCUT2D eigenvalue weighted by molar-refractivity contribution is -0.140. The highest BCUT2D eigenvalue weighted by atomic mass is 35.5. The summed E-state index contributed by atoms with van der Waals surface area (Å²) in [5, 5.41) is 8.63. The van der Waals surface area contributed by atoms with Crippen LogP contribution in [0.2, 0.25) is 5.02 Å². The van der Waals surface area contributed by atoms with Gasteiger partial charge in [0.15, 0.2) is 0 Å². The number of halogens is 1. The number of amides is 3. The molecule has 3 amide bonds. The first-order chi connectivity index (χ1) is 13.0. The Morgan fingerprint density at radius 1 is 1.04 bits per heavy atom. The number of hydrogen-bond acceptors (Lipinski definition) is 4. The van der Waals surface area contributed by atoms with Crippen molar-refractivity contribution in [2.75, 3.05) is 19.0 Å². The second kappa shape index (κ2) is 10.2.